The minimum absolute atomic E-state index is 0.337. The fourth-order valence-corrected chi connectivity index (χ4v) is 1.41. The van der Waals surface area contributed by atoms with Crippen LogP contribution < -0.4 is 0 Å². The number of hydrogen-bond acceptors (Lipinski definition) is 3. The third-order valence-electron chi connectivity index (χ3n) is 2.18. The summed E-state index contributed by atoms with van der Waals surface area (Å²) in [7, 11) is 0. The van der Waals surface area contributed by atoms with Gasteiger partial charge in [-0.1, -0.05) is 0 Å². The lowest BCUT2D eigenvalue weighted by atomic mass is 10.1. The first-order valence-corrected chi connectivity index (χ1v) is 4.78. The van der Waals surface area contributed by atoms with Crippen molar-refractivity contribution in [2.24, 2.45) is 0 Å². The van der Waals surface area contributed by atoms with Crippen LogP contribution in [0, 0.1) is 15.9 Å². The zero-order chi connectivity index (χ0) is 12.3. The van der Waals surface area contributed by atoms with Crippen LogP contribution in [0.3, 0.4) is 0 Å². The zero-order valence-corrected chi connectivity index (χ0v) is 8.63. The molecular weight excluding hydrogens is 225 g/mol. The molecule has 2 aromatic rings. The van der Waals surface area contributed by atoms with E-state index in [0.29, 0.717) is 16.8 Å². The summed E-state index contributed by atoms with van der Waals surface area (Å²) in [5.74, 6) is -0.337. The molecule has 0 amide bonds. The molecule has 0 fully saturated rings. The predicted octanol–water partition coefficient (Wildman–Crippen LogP) is 2.46. The molecule has 5 nitrogen and oxygen atoms in total. The van der Waals surface area contributed by atoms with Crippen molar-refractivity contribution in [3.8, 4) is 11.3 Å². The van der Waals surface area contributed by atoms with Crippen LogP contribution in [0.5, 0.6) is 0 Å². The molecule has 0 aliphatic rings. The summed E-state index contributed by atoms with van der Waals surface area (Å²) in [5, 5.41) is 16.8. The van der Waals surface area contributed by atoms with Crippen molar-refractivity contribution >= 4 is 6.08 Å². The Morgan fingerprint density at radius 2 is 2.06 bits per heavy atom. The summed E-state index contributed by atoms with van der Waals surface area (Å²) >= 11 is 0. The van der Waals surface area contributed by atoms with Gasteiger partial charge >= 0.3 is 0 Å². The maximum atomic E-state index is 12.8. The van der Waals surface area contributed by atoms with Gasteiger partial charge in [-0.2, -0.15) is 5.10 Å². The molecule has 6 heteroatoms. The second-order valence-corrected chi connectivity index (χ2v) is 3.31. The van der Waals surface area contributed by atoms with E-state index in [4.69, 9.17) is 0 Å². The highest BCUT2D eigenvalue weighted by atomic mass is 19.1. The number of nitrogens with zero attached hydrogens (tertiary/aromatic N) is 2. The van der Waals surface area contributed by atoms with Crippen LogP contribution in [-0.4, -0.2) is 15.1 Å². The molecule has 2 rings (SSSR count). The van der Waals surface area contributed by atoms with Gasteiger partial charge in [0.1, 0.15) is 5.82 Å². The maximum absolute atomic E-state index is 12.8. The van der Waals surface area contributed by atoms with Gasteiger partial charge in [0.2, 0.25) is 6.20 Å². The van der Waals surface area contributed by atoms with Crippen molar-refractivity contribution in [2.75, 3.05) is 0 Å². The highest BCUT2D eigenvalue weighted by molar-refractivity contribution is 5.70. The lowest BCUT2D eigenvalue weighted by Gasteiger charge is -1.98. The predicted molar refractivity (Wildman–Crippen MR) is 60.0 cm³/mol. The monoisotopic (exact) mass is 233 g/mol. The zero-order valence-electron chi connectivity index (χ0n) is 8.63. The fourth-order valence-electron chi connectivity index (χ4n) is 1.41. The van der Waals surface area contributed by atoms with Crippen molar-refractivity contribution in [2.45, 2.75) is 0 Å². The number of nitrogens with one attached hydrogen (secondary N) is 1. The van der Waals surface area contributed by atoms with E-state index >= 15 is 0 Å². The van der Waals surface area contributed by atoms with Gasteiger partial charge in [-0.15, -0.1) is 0 Å². The van der Waals surface area contributed by atoms with E-state index in [-0.39, 0.29) is 5.82 Å². The van der Waals surface area contributed by atoms with Crippen molar-refractivity contribution in [1.29, 1.82) is 0 Å². The van der Waals surface area contributed by atoms with Gasteiger partial charge in [0.15, 0.2) is 0 Å². The van der Waals surface area contributed by atoms with Crippen molar-refractivity contribution < 1.29 is 9.31 Å². The Labute approximate surface area is 95.7 Å². The van der Waals surface area contributed by atoms with Crippen LogP contribution in [0.25, 0.3) is 17.3 Å². The Kier molecular flexibility index (Phi) is 2.95. The number of halogens is 1. The first kappa shape index (κ1) is 11.0. The van der Waals surface area contributed by atoms with E-state index in [1.54, 1.807) is 12.1 Å². The molecule has 0 aliphatic heterocycles. The number of aromatic nitrogens is 2. The average Bonchev–Trinajstić information content (AvgIpc) is 2.75. The van der Waals surface area contributed by atoms with Gasteiger partial charge in [0.05, 0.1) is 16.8 Å². The molecule has 17 heavy (non-hydrogen) atoms. The molecule has 0 atom stereocenters. The van der Waals surface area contributed by atoms with Crippen molar-refractivity contribution in [1.82, 2.24) is 10.2 Å². The summed E-state index contributed by atoms with van der Waals surface area (Å²) in [4.78, 5) is 9.67. The summed E-state index contributed by atoms with van der Waals surface area (Å²) in [6, 6.07) is 5.78. The molecule has 0 saturated heterocycles. The van der Waals surface area contributed by atoms with Crippen molar-refractivity contribution in [3.05, 3.63) is 58.2 Å². The first-order valence-electron chi connectivity index (χ1n) is 4.78. The molecule has 0 spiro atoms. The lowest BCUT2D eigenvalue weighted by molar-refractivity contribution is -0.400. The first-order chi connectivity index (χ1) is 8.16. The van der Waals surface area contributed by atoms with Gasteiger partial charge in [0, 0.05) is 17.2 Å². The Balaban J connectivity index is 2.36. The van der Waals surface area contributed by atoms with Gasteiger partial charge in [0.25, 0.3) is 0 Å². The topological polar surface area (TPSA) is 71.8 Å². The second-order valence-electron chi connectivity index (χ2n) is 3.31. The van der Waals surface area contributed by atoms with Crippen LogP contribution in [0.1, 0.15) is 5.56 Å². The third-order valence-corrected chi connectivity index (χ3v) is 2.18. The molecule has 1 N–H and O–H groups in total. The molecule has 0 bridgehead atoms. The highest BCUT2D eigenvalue weighted by Gasteiger charge is 2.06. The van der Waals surface area contributed by atoms with Gasteiger partial charge in [-0.25, -0.2) is 4.39 Å². The largest absolute Gasteiger partial charge is 0.277 e. The van der Waals surface area contributed by atoms with Crippen LogP contribution in [0.2, 0.25) is 0 Å². The SMILES string of the molecule is O=[N+]([O-])/C=C/c1cn[nH]c1-c1ccc(F)cc1. The molecule has 0 unspecified atom stereocenters. The summed E-state index contributed by atoms with van der Waals surface area (Å²) in [6.45, 7) is 0. The van der Waals surface area contributed by atoms with E-state index in [1.165, 1.54) is 24.4 Å². The molecule has 0 aliphatic carbocycles. The van der Waals surface area contributed by atoms with E-state index in [2.05, 4.69) is 10.2 Å². The van der Waals surface area contributed by atoms with Crippen LogP contribution >= 0.6 is 0 Å². The number of nitro groups is 1. The molecule has 1 aromatic carbocycles. The number of hydrogen-bond donors (Lipinski definition) is 1. The lowest BCUT2D eigenvalue weighted by Crippen LogP contribution is -1.84. The highest BCUT2D eigenvalue weighted by Crippen LogP contribution is 2.22. The fraction of sp³-hybridized carbons (Fsp3) is 0. The quantitative estimate of drug-likeness (QED) is 0.653. The number of benzene rings is 1. The number of aromatic amines is 1. The minimum atomic E-state index is -0.554. The van der Waals surface area contributed by atoms with Crippen LogP contribution in [-0.2, 0) is 0 Å². The molecular formula is C11H8FN3O2. The molecule has 0 radical (unpaired) electrons. The Morgan fingerprint density at radius 3 is 2.71 bits per heavy atom. The van der Waals surface area contributed by atoms with E-state index < -0.39 is 4.92 Å². The maximum Gasteiger partial charge on any atom is 0.235 e. The smallest absolute Gasteiger partial charge is 0.235 e. The Bertz CT molecular complexity index is 560. The Hall–Kier alpha value is -2.50. The van der Waals surface area contributed by atoms with E-state index in [1.807, 2.05) is 0 Å². The van der Waals surface area contributed by atoms with E-state index in [0.717, 1.165) is 6.20 Å². The summed E-state index contributed by atoms with van der Waals surface area (Å²) < 4.78 is 12.8. The summed E-state index contributed by atoms with van der Waals surface area (Å²) in [5.41, 5.74) is 1.91. The average molecular weight is 233 g/mol. The van der Waals surface area contributed by atoms with Gasteiger partial charge in [-0.05, 0) is 24.3 Å². The molecule has 0 saturated carbocycles. The van der Waals surface area contributed by atoms with Crippen LogP contribution in [0.4, 0.5) is 4.39 Å². The minimum Gasteiger partial charge on any atom is -0.277 e. The van der Waals surface area contributed by atoms with Crippen LogP contribution in [0.15, 0.2) is 36.7 Å². The van der Waals surface area contributed by atoms with Gasteiger partial charge < -0.3 is 0 Å². The number of H-pyrrole nitrogens is 1. The Morgan fingerprint density at radius 1 is 1.35 bits per heavy atom. The third kappa shape index (κ3) is 2.54. The normalized spacial score (nSPS) is 10.9. The van der Waals surface area contributed by atoms with Gasteiger partial charge in [-0.3, -0.25) is 15.2 Å². The molecule has 1 aromatic heterocycles. The summed E-state index contributed by atoms with van der Waals surface area (Å²) in [6.07, 6.45) is 3.64. The molecule has 86 valence electrons. The number of rotatable bonds is 3. The van der Waals surface area contributed by atoms with E-state index in [9.17, 15) is 14.5 Å². The second kappa shape index (κ2) is 4.56. The molecule has 1 heterocycles. The van der Waals surface area contributed by atoms with Crippen molar-refractivity contribution in [3.63, 3.8) is 0 Å². The standard InChI is InChI=1S/C11H8FN3O2/c12-10-3-1-8(2-4-10)11-9(7-13-14-11)5-6-15(16)17/h1-7H,(H,13,14)/b6-5+.